The summed E-state index contributed by atoms with van der Waals surface area (Å²) in [5, 5.41) is 18.1. The summed E-state index contributed by atoms with van der Waals surface area (Å²) >= 11 is 0. The van der Waals surface area contributed by atoms with E-state index in [4.69, 9.17) is 10.2 Å². The van der Waals surface area contributed by atoms with Gasteiger partial charge in [-0.2, -0.15) is 0 Å². The number of hydrogen-bond donors (Lipinski definition) is 2. The monoisotopic (exact) mass is 142 g/mol. The van der Waals surface area contributed by atoms with Crippen LogP contribution in [0.1, 0.15) is 13.8 Å². The molecule has 0 bridgehead atoms. The molecule has 0 amide bonds. The minimum absolute atomic E-state index is 0.712. The molecule has 2 nitrogen and oxygen atoms in total. The van der Waals surface area contributed by atoms with E-state index in [1.165, 1.54) is 0 Å². The van der Waals surface area contributed by atoms with Crippen LogP contribution in [0, 0.1) is 0 Å². The van der Waals surface area contributed by atoms with E-state index in [2.05, 4.69) is 6.58 Å². The van der Waals surface area contributed by atoms with Crippen LogP contribution in [-0.4, -0.2) is 22.4 Å². The van der Waals surface area contributed by atoms with Crippen LogP contribution in [0.3, 0.4) is 0 Å². The van der Waals surface area contributed by atoms with E-state index in [1.54, 1.807) is 26.0 Å². The number of allylic oxidation sites excluding steroid dienone is 2. The summed E-state index contributed by atoms with van der Waals surface area (Å²) in [6.07, 6.45) is 1.78. The average Bonchev–Trinajstić information content (AvgIpc) is 1.87. The SMILES string of the molecule is C=C/C=C(\C)[C@H](O)[C@H](C)O. The molecule has 0 saturated carbocycles. The van der Waals surface area contributed by atoms with E-state index in [1.807, 2.05) is 0 Å². The van der Waals surface area contributed by atoms with Crippen LogP contribution in [0.4, 0.5) is 0 Å². The zero-order valence-corrected chi connectivity index (χ0v) is 6.41. The molecular weight excluding hydrogens is 128 g/mol. The number of aliphatic hydroxyl groups excluding tert-OH is 2. The fourth-order valence-electron chi connectivity index (χ4n) is 0.665. The van der Waals surface area contributed by atoms with E-state index < -0.39 is 12.2 Å². The zero-order chi connectivity index (χ0) is 8.15. The van der Waals surface area contributed by atoms with Crippen LogP contribution in [0.2, 0.25) is 0 Å². The van der Waals surface area contributed by atoms with Gasteiger partial charge in [0, 0.05) is 0 Å². The summed E-state index contributed by atoms with van der Waals surface area (Å²) in [7, 11) is 0. The number of rotatable bonds is 3. The second kappa shape index (κ2) is 4.25. The lowest BCUT2D eigenvalue weighted by Gasteiger charge is -2.13. The molecule has 0 aromatic heterocycles. The van der Waals surface area contributed by atoms with Gasteiger partial charge in [0.1, 0.15) is 6.10 Å². The van der Waals surface area contributed by atoms with Gasteiger partial charge in [-0.3, -0.25) is 0 Å². The third-order valence-corrected chi connectivity index (χ3v) is 1.30. The van der Waals surface area contributed by atoms with Gasteiger partial charge in [0.05, 0.1) is 6.10 Å². The maximum absolute atomic E-state index is 9.16. The lowest BCUT2D eigenvalue weighted by atomic mass is 10.1. The molecule has 0 aliphatic heterocycles. The second-order valence-electron chi connectivity index (χ2n) is 2.33. The molecule has 0 unspecified atom stereocenters. The molecule has 0 heterocycles. The Morgan fingerprint density at radius 1 is 1.50 bits per heavy atom. The lowest BCUT2D eigenvalue weighted by Crippen LogP contribution is -2.23. The first kappa shape index (κ1) is 9.40. The Bertz CT molecular complexity index is 136. The van der Waals surface area contributed by atoms with Crippen molar-refractivity contribution in [2.24, 2.45) is 0 Å². The molecule has 0 aliphatic rings. The maximum Gasteiger partial charge on any atom is 0.101 e. The largest absolute Gasteiger partial charge is 0.390 e. The van der Waals surface area contributed by atoms with Crippen LogP contribution in [0.15, 0.2) is 24.3 Å². The van der Waals surface area contributed by atoms with Crippen molar-refractivity contribution < 1.29 is 10.2 Å². The molecule has 0 rings (SSSR count). The molecule has 2 atom stereocenters. The first-order valence-electron chi connectivity index (χ1n) is 3.25. The molecule has 0 spiro atoms. The van der Waals surface area contributed by atoms with Crippen molar-refractivity contribution in [3.63, 3.8) is 0 Å². The van der Waals surface area contributed by atoms with Crippen molar-refractivity contribution in [3.8, 4) is 0 Å². The molecular formula is C8H14O2. The third-order valence-electron chi connectivity index (χ3n) is 1.30. The summed E-state index contributed by atoms with van der Waals surface area (Å²) in [6, 6.07) is 0. The quantitative estimate of drug-likeness (QED) is 0.574. The van der Waals surface area contributed by atoms with Crippen LogP contribution in [-0.2, 0) is 0 Å². The third kappa shape index (κ3) is 2.80. The topological polar surface area (TPSA) is 40.5 Å². The summed E-state index contributed by atoms with van der Waals surface area (Å²) in [6.45, 7) is 6.77. The van der Waals surface area contributed by atoms with E-state index in [0.29, 0.717) is 0 Å². The normalized spacial score (nSPS) is 18.2. The molecule has 0 aromatic carbocycles. The molecule has 10 heavy (non-hydrogen) atoms. The lowest BCUT2D eigenvalue weighted by molar-refractivity contribution is 0.0547. The van der Waals surface area contributed by atoms with Crippen LogP contribution in [0.5, 0.6) is 0 Å². The van der Waals surface area contributed by atoms with Crippen LogP contribution >= 0.6 is 0 Å². The second-order valence-corrected chi connectivity index (χ2v) is 2.33. The smallest absolute Gasteiger partial charge is 0.101 e. The predicted molar refractivity (Wildman–Crippen MR) is 41.6 cm³/mol. The molecule has 0 saturated heterocycles. The zero-order valence-electron chi connectivity index (χ0n) is 6.41. The van der Waals surface area contributed by atoms with Gasteiger partial charge >= 0.3 is 0 Å². The van der Waals surface area contributed by atoms with E-state index >= 15 is 0 Å². The first-order valence-corrected chi connectivity index (χ1v) is 3.25. The van der Waals surface area contributed by atoms with Crippen LogP contribution < -0.4 is 0 Å². The van der Waals surface area contributed by atoms with Gasteiger partial charge in [-0.25, -0.2) is 0 Å². The average molecular weight is 142 g/mol. The van der Waals surface area contributed by atoms with Gasteiger partial charge in [-0.05, 0) is 19.4 Å². The molecule has 0 aromatic rings. The minimum atomic E-state index is -0.766. The Balaban J connectivity index is 4.06. The van der Waals surface area contributed by atoms with Crippen molar-refractivity contribution in [1.82, 2.24) is 0 Å². The van der Waals surface area contributed by atoms with Crippen molar-refractivity contribution in [3.05, 3.63) is 24.3 Å². The highest BCUT2D eigenvalue weighted by molar-refractivity contribution is 5.12. The summed E-state index contributed by atoms with van der Waals surface area (Å²) in [5.41, 5.74) is 0.727. The Kier molecular flexibility index (Phi) is 4.00. The fourth-order valence-corrected chi connectivity index (χ4v) is 0.665. The van der Waals surface area contributed by atoms with Crippen molar-refractivity contribution in [2.75, 3.05) is 0 Å². The van der Waals surface area contributed by atoms with Crippen molar-refractivity contribution >= 4 is 0 Å². The number of hydrogen-bond acceptors (Lipinski definition) is 2. The summed E-state index contributed by atoms with van der Waals surface area (Å²) in [4.78, 5) is 0. The van der Waals surface area contributed by atoms with Gasteiger partial charge in [0.15, 0.2) is 0 Å². The van der Waals surface area contributed by atoms with Gasteiger partial charge in [-0.15, -0.1) is 0 Å². The van der Waals surface area contributed by atoms with Gasteiger partial charge in [-0.1, -0.05) is 18.7 Å². The standard InChI is InChI=1S/C8H14O2/c1-4-5-6(2)8(10)7(3)9/h4-5,7-10H,1H2,2-3H3/b6-5+/t7-,8-/m0/s1. The van der Waals surface area contributed by atoms with Gasteiger partial charge in [0.25, 0.3) is 0 Å². The summed E-state index contributed by atoms with van der Waals surface area (Å²) in [5.74, 6) is 0. The highest BCUT2D eigenvalue weighted by Crippen LogP contribution is 2.04. The Hall–Kier alpha value is -0.600. The maximum atomic E-state index is 9.16. The van der Waals surface area contributed by atoms with Gasteiger partial charge in [0.2, 0.25) is 0 Å². The highest BCUT2D eigenvalue weighted by Gasteiger charge is 2.10. The van der Waals surface area contributed by atoms with Crippen molar-refractivity contribution in [2.45, 2.75) is 26.1 Å². The summed E-state index contributed by atoms with van der Waals surface area (Å²) < 4.78 is 0. The Morgan fingerprint density at radius 2 is 2.00 bits per heavy atom. The molecule has 0 radical (unpaired) electrons. The molecule has 0 fully saturated rings. The van der Waals surface area contributed by atoms with Crippen LogP contribution in [0.25, 0.3) is 0 Å². The number of aliphatic hydroxyl groups is 2. The highest BCUT2D eigenvalue weighted by atomic mass is 16.3. The first-order chi connectivity index (χ1) is 4.59. The van der Waals surface area contributed by atoms with Crippen molar-refractivity contribution in [1.29, 1.82) is 0 Å². The molecule has 2 heteroatoms. The van der Waals surface area contributed by atoms with E-state index in [-0.39, 0.29) is 0 Å². The van der Waals surface area contributed by atoms with Gasteiger partial charge < -0.3 is 10.2 Å². The molecule has 58 valence electrons. The fraction of sp³-hybridized carbons (Fsp3) is 0.500. The van der Waals surface area contributed by atoms with E-state index in [0.717, 1.165) is 5.57 Å². The van der Waals surface area contributed by atoms with E-state index in [9.17, 15) is 0 Å². The Labute approximate surface area is 61.5 Å². The predicted octanol–water partition coefficient (Wildman–Crippen LogP) is 0.860. The molecule has 2 N–H and O–H groups in total. The molecule has 0 aliphatic carbocycles. The Morgan fingerprint density at radius 3 is 2.30 bits per heavy atom. The minimum Gasteiger partial charge on any atom is -0.390 e.